The third-order valence-corrected chi connectivity index (χ3v) is 7.78. The van der Waals surface area contributed by atoms with Crippen LogP contribution in [0.2, 0.25) is 0 Å². The maximum Gasteiger partial charge on any atom is 0.312 e. The van der Waals surface area contributed by atoms with E-state index in [2.05, 4.69) is 32.9 Å². The average Bonchev–Trinajstić information content (AvgIpc) is 2.72. The average molecular weight is 463 g/mol. The minimum atomic E-state index is -0.640. The second-order valence-electron chi connectivity index (χ2n) is 10.7. The Labute approximate surface area is 198 Å². The van der Waals surface area contributed by atoms with Gasteiger partial charge in [-0.2, -0.15) is 0 Å². The van der Waals surface area contributed by atoms with Crippen molar-refractivity contribution in [2.45, 2.75) is 110 Å². The van der Waals surface area contributed by atoms with Crippen molar-refractivity contribution < 1.29 is 29.3 Å². The van der Waals surface area contributed by atoms with Crippen molar-refractivity contribution in [1.82, 2.24) is 0 Å². The third kappa shape index (κ3) is 6.27. The smallest absolute Gasteiger partial charge is 0.312 e. The van der Waals surface area contributed by atoms with Crippen LogP contribution in [0.15, 0.2) is 23.8 Å². The molecule has 0 aromatic carbocycles. The summed E-state index contributed by atoms with van der Waals surface area (Å²) in [6.45, 7) is 8.33. The van der Waals surface area contributed by atoms with Crippen molar-refractivity contribution in [3.05, 3.63) is 23.8 Å². The van der Waals surface area contributed by atoms with E-state index in [0.717, 1.165) is 37.7 Å². The van der Waals surface area contributed by atoms with Crippen LogP contribution in [0, 0.1) is 23.2 Å². The largest absolute Gasteiger partial charge is 0.462 e. The monoisotopic (exact) mass is 462 g/mol. The lowest BCUT2D eigenvalue weighted by atomic mass is 9.66. The van der Waals surface area contributed by atoms with Crippen molar-refractivity contribution in [2.24, 2.45) is 23.2 Å². The first-order valence-electron chi connectivity index (χ1n) is 12.8. The van der Waals surface area contributed by atoms with Crippen LogP contribution in [-0.4, -0.2) is 46.6 Å². The molecule has 33 heavy (non-hydrogen) atoms. The van der Waals surface area contributed by atoms with Crippen LogP contribution in [0.5, 0.6) is 0 Å². The molecule has 0 spiro atoms. The van der Waals surface area contributed by atoms with E-state index in [1.807, 2.05) is 13.0 Å². The second kappa shape index (κ2) is 11.2. The van der Waals surface area contributed by atoms with Crippen molar-refractivity contribution in [3.63, 3.8) is 0 Å². The van der Waals surface area contributed by atoms with Crippen LogP contribution in [0.4, 0.5) is 0 Å². The van der Waals surface area contributed by atoms with Crippen molar-refractivity contribution >= 4 is 11.9 Å². The summed E-state index contributed by atoms with van der Waals surface area (Å²) in [6, 6.07) is 0. The first kappa shape index (κ1) is 26.0. The molecule has 0 bridgehead atoms. The quantitative estimate of drug-likeness (QED) is 0.491. The van der Waals surface area contributed by atoms with Gasteiger partial charge in [0.1, 0.15) is 12.2 Å². The minimum Gasteiger partial charge on any atom is -0.462 e. The predicted octanol–water partition coefficient (Wildman–Crippen LogP) is 4.48. The molecule has 0 radical (unpaired) electrons. The molecule has 3 aliphatic rings. The third-order valence-electron chi connectivity index (χ3n) is 7.78. The van der Waals surface area contributed by atoms with E-state index in [4.69, 9.17) is 9.47 Å². The van der Waals surface area contributed by atoms with Crippen molar-refractivity contribution in [3.8, 4) is 0 Å². The molecule has 0 aromatic rings. The Balaban J connectivity index is 1.78. The molecule has 6 nitrogen and oxygen atoms in total. The molecule has 2 N–H and O–H groups in total. The van der Waals surface area contributed by atoms with Gasteiger partial charge in [0.25, 0.3) is 0 Å². The van der Waals surface area contributed by atoms with Gasteiger partial charge in [-0.1, -0.05) is 51.8 Å². The molecule has 1 aliphatic heterocycles. The molecule has 0 unspecified atom stereocenters. The molecule has 0 saturated carbocycles. The Kier molecular flexibility index (Phi) is 8.79. The Morgan fingerprint density at radius 2 is 1.94 bits per heavy atom. The number of hydrogen-bond acceptors (Lipinski definition) is 6. The SMILES string of the molecule is CCCC(C)(CCC)C(=O)O[C@H]1C[C@H](O)C=C2C=CC[C@@H]([C@@H](C)C[C@@H]3C[C@@H](O)CC(=O)O3)[C@H]21. The Morgan fingerprint density at radius 3 is 2.58 bits per heavy atom. The number of allylic oxidation sites excluding steroid dienone is 2. The van der Waals surface area contributed by atoms with Gasteiger partial charge in [-0.15, -0.1) is 0 Å². The normalized spacial score (nSPS) is 33.0. The fourth-order valence-electron chi connectivity index (χ4n) is 6.21. The summed E-state index contributed by atoms with van der Waals surface area (Å²) in [5, 5.41) is 20.5. The zero-order chi connectivity index (χ0) is 24.2. The molecule has 0 aromatic heterocycles. The Hall–Kier alpha value is -1.66. The predicted molar refractivity (Wildman–Crippen MR) is 126 cm³/mol. The number of carbonyl (C=O) groups excluding carboxylic acids is 2. The van der Waals surface area contributed by atoms with Gasteiger partial charge in [-0.25, -0.2) is 0 Å². The number of carbonyl (C=O) groups is 2. The van der Waals surface area contributed by atoms with Crippen LogP contribution in [0.1, 0.15) is 85.5 Å². The molecule has 6 heteroatoms. The van der Waals surface area contributed by atoms with Gasteiger partial charge in [0, 0.05) is 18.8 Å². The first-order chi connectivity index (χ1) is 15.7. The molecule has 7 atom stereocenters. The molecule has 186 valence electrons. The first-order valence-corrected chi connectivity index (χ1v) is 12.8. The van der Waals surface area contributed by atoms with E-state index in [0.29, 0.717) is 19.3 Å². The fourth-order valence-corrected chi connectivity index (χ4v) is 6.21. The fraction of sp³-hybridized carbons (Fsp3) is 0.778. The zero-order valence-corrected chi connectivity index (χ0v) is 20.7. The molecule has 1 fully saturated rings. The summed E-state index contributed by atoms with van der Waals surface area (Å²) in [6.07, 6.45) is 10.00. The summed E-state index contributed by atoms with van der Waals surface area (Å²) in [4.78, 5) is 25.1. The summed E-state index contributed by atoms with van der Waals surface area (Å²) >= 11 is 0. The van der Waals surface area contributed by atoms with Crippen molar-refractivity contribution in [2.75, 3.05) is 0 Å². The minimum absolute atomic E-state index is 0.00840. The van der Waals surface area contributed by atoms with Gasteiger partial charge in [0.05, 0.1) is 24.0 Å². The highest BCUT2D eigenvalue weighted by molar-refractivity contribution is 5.76. The van der Waals surface area contributed by atoms with Crippen LogP contribution in [0.3, 0.4) is 0 Å². The summed E-state index contributed by atoms with van der Waals surface area (Å²) in [5.41, 5.74) is 0.524. The lowest BCUT2D eigenvalue weighted by Gasteiger charge is -2.44. The second-order valence-corrected chi connectivity index (χ2v) is 10.7. The molecular weight excluding hydrogens is 420 g/mol. The number of cyclic esters (lactones) is 1. The number of rotatable bonds is 9. The van der Waals surface area contributed by atoms with E-state index < -0.39 is 17.6 Å². The molecule has 2 aliphatic carbocycles. The molecule has 1 heterocycles. The molecule has 3 rings (SSSR count). The summed E-state index contributed by atoms with van der Waals surface area (Å²) in [5.74, 6) is -0.0914. The zero-order valence-electron chi connectivity index (χ0n) is 20.7. The van der Waals surface area contributed by atoms with E-state index in [-0.39, 0.29) is 48.3 Å². The van der Waals surface area contributed by atoms with E-state index in [1.54, 1.807) is 0 Å². The summed E-state index contributed by atoms with van der Waals surface area (Å²) < 4.78 is 11.7. The van der Waals surface area contributed by atoms with E-state index in [1.165, 1.54) is 0 Å². The number of esters is 2. The number of fused-ring (bicyclic) bond motifs is 1. The number of aliphatic hydroxyl groups is 2. The van der Waals surface area contributed by atoms with Crippen LogP contribution >= 0.6 is 0 Å². The van der Waals surface area contributed by atoms with Gasteiger partial charge in [-0.3, -0.25) is 9.59 Å². The highest BCUT2D eigenvalue weighted by Crippen LogP contribution is 2.45. The van der Waals surface area contributed by atoms with Gasteiger partial charge >= 0.3 is 11.9 Å². The number of ether oxygens (including phenoxy) is 2. The van der Waals surface area contributed by atoms with Crippen molar-refractivity contribution in [1.29, 1.82) is 0 Å². The van der Waals surface area contributed by atoms with Crippen LogP contribution < -0.4 is 0 Å². The Bertz CT molecular complexity index is 750. The Morgan fingerprint density at radius 1 is 1.24 bits per heavy atom. The molecular formula is C27H42O6. The highest BCUT2D eigenvalue weighted by Gasteiger charge is 2.44. The lowest BCUT2D eigenvalue weighted by Crippen LogP contribution is -2.45. The maximum absolute atomic E-state index is 13.3. The number of hydrogen-bond donors (Lipinski definition) is 2. The number of aliphatic hydroxyl groups excluding tert-OH is 2. The highest BCUT2D eigenvalue weighted by atomic mass is 16.6. The van der Waals surface area contributed by atoms with Gasteiger partial charge in [0.2, 0.25) is 0 Å². The van der Waals surface area contributed by atoms with E-state index in [9.17, 15) is 19.8 Å². The standard InChI is InChI=1S/C27H42O6/c1-5-10-27(4,11-6-2)26(31)33-23-15-19(28)13-18-8-7-9-22(25(18)23)17(3)12-21-14-20(29)16-24(30)32-21/h7-8,13,17,19-23,25,28-29H,5-6,9-12,14-16H2,1-4H3/t17-,19+,20+,21+,22-,23-,25-/m0/s1. The van der Waals surface area contributed by atoms with E-state index >= 15 is 0 Å². The van der Waals surface area contributed by atoms with Gasteiger partial charge < -0.3 is 19.7 Å². The van der Waals surface area contributed by atoms with Crippen LogP contribution in [0.25, 0.3) is 0 Å². The van der Waals surface area contributed by atoms with Gasteiger partial charge in [0.15, 0.2) is 0 Å². The molecule has 1 saturated heterocycles. The van der Waals surface area contributed by atoms with Crippen LogP contribution in [-0.2, 0) is 19.1 Å². The lowest BCUT2D eigenvalue weighted by molar-refractivity contribution is -0.168. The molecule has 0 amide bonds. The topological polar surface area (TPSA) is 93.1 Å². The maximum atomic E-state index is 13.3. The summed E-state index contributed by atoms with van der Waals surface area (Å²) in [7, 11) is 0. The van der Waals surface area contributed by atoms with Gasteiger partial charge in [-0.05, 0) is 50.0 Å².